The summed E-state index contributed by atoms with van der Waals surface area (Å²) in [5, 5.41) is 17.8. The zero-order chi connectivity index (χ0) is 30.4. The smallest absolute Gasteiger partial charge is 0.380 e. The highest BCUT2D eigenvalue weighted by Gasteiger charge is 2.47. The highest BCUT2D eigenvalue weighted by atomic mass is 19.4. The molecular formula is C32H35F3N6O2. The van der Waals surface area contributed by atoms with Crippen LogP contribution in [0.1, 0.15) is 64.6 Å². The van der Waals surface area contributed by atoms with E-state index >= 15 is 0 Å². The molecule has 0 N–H and O–H groups in total. The molecule has 1 saturated heterocycles. The van der Waals surface area contributed by atoms with Crippen molar-refractivity contribution in [3.8, 4) is 6.07 Å². The number of ether oxygens (including phenoxy) is 1. The van der Waals surface area contributed by atoms with Crippen LogP contribution in [-0.2, 0) is 42.9 Å². The maximum Gasteiger partial charge on any atom is 0.416 e. The van der Waals surface area contributed by atoms with E-state index in [0.29, 0.717) is 62.7 Å². The molecule has 2 aliphatic heterocycles. The quantitative estimate of drug-likeness (QED) is 0.372. The molecule has 11 heteroatoms. The Kier molecular flexibility index (Phi) is 7.77. The lowest BCUT2D eigenvalue weighted by Gasteiger charge is -2.45. The van der Waals surface area contributed by atoms with E-state index in [1.54, 1.807) is 18.5 Å². The largest absolute Gasteiger partial charge is 0.416 e. The molecule has 3 aromatic rings. The van der Waals surface area contributed by atoms with Gasteiger partial charge in [-0.2, -0.15) is 18.4 Å². The molecule has 1 saturated carbocycles. The molecule has 226 valence electrons. The number of halogens is 3. The molecule has 0 radical (unpaired) electrons. The van der Waals surface area contributed by atoms with E-state index in [2.05, 4.69) is 28.1 Å². The van der Waals surface area contributed by atoms with E-state index in [0.717, 1.165) is 24.4 Å². The molecular weight excluding hydrogens is 557 g/mol. The Balaban J connectivity index is 1.31. The molecule has 1 atom stereocenters. The first-order chi connectivity index (χ1) is 20.6. The predicted molar refractivity (Wildman–Crippen MR) is 153 cm³/mol. The van der Waals surface area contributed by atoms with Crippen LogP contribution in [0.15, 0.2) is 42.7 Å². The van der Waals surface area contributed by atoms with Crippen molar-refractivity contribution in [3.63, 3.8) is 0 Å². The summed E-state index contributed by atoms with van der Waals surface area (Å²) in [6.07, 6.45) is -0.189. The van der Waals surface area contributed by atoms with Crippen LogP contribution in [-0.4, -0.2) is 51.9 Å². The number of nitriles is 1. The lowest BCUT2D eigenvalue weighted by atomic mass is 9.57. The number of amides is 1. The molecule has 43 heavy (non-hydrogen) atoms. The molecule has 1 unspecified atom stereocenters. The second kappa shape index (κ2) is 11.4. The van der Waals surface area contributed by atoms with Gasteiger partial charge in [-0.1, -0.05) is 19.1 Å². The van der Waals surface area contributed by atoms with E-state index in [4.69, 9.17) is 4.74 Å². The molecule has 6 rings (SSSR count). The number of alkyl halides is 3. The van der Waals surface area contributed by atoms with Gasteiger partial charge in [-0.3, -0.25) is 9.69 Å². The second-order valence-electron chi connectivity index (χ2n) is 12.2. The number of benzene rings is 2. The van der Waals surface area contributed by atoms with Gasteiger partial charge in [0.25, 0.3) is 5.91 Å². The van der Waals surface area contributed by atoms with Gasteiger partial charge in [-0.25, -0.2) is 0 Å². The van der Waals surface area contributed by atoms with Crippen molar-refractivity contribution in [2.75, 3.05) is 31.2 Å². The van der Waals surface area contributed by atoms with Gasteiger partial charge < -0.3 is 14.2 Å². The normalized spacial score (nSPS) is 24.4. The number of carbonyl (C=O) groups is 1. The van der Waals surface area contributed by atoms with Crippen LogP contribution in [0.4, 0.5) is 18.9 Å². The van der Waals surface area contributed by atoms with Gasteiger partial charge in [0.1, 0.15) is 12.2 Å². The summed E-state index contributed by atoms with van der Waals surface area (Å²) in [6, 6.07) is 12.7. The number of rotatable bonds is 7. The lowest BCUT2D eigenvalue weighted by molar-refractivity contribution is -0.138. The average Bonchev–Trinajstić information content (AvgIpc) is 3.43. The zero-order valence-corrected chi connectivity index (χ0v) is 24.4. The number of aromatic nitrogens is 3. The third-order valence-electron chi connectivity index (χ3n) is 9.34. The Morgan fingerprint density at radius 1 is 1.21 bits per heavy atom. The number of carbonyl (C=O) groups excluding carboxylic acids is 1. The van der Waals surface area contributed by atoms with Crippen molar-refractivity contribution in [1.29, 1.82) is 5.26 Å². The van der Waals surface area contributed by atoms with Gasteiger partial charge in [-0.15, -0.1) is 10.2 Å². The van der Waals surface area contributed by atoms with E-state index in [1.807, 2.05) is 29.8 Å². The van der Waals surface area contributed by atoms with Crippen molar-refractivity contribution in [2.24, 2.45) is 18.9 Å². The van der Waals surface area contributed by atoms with Gasteiger partial charge in [0.2, 0.25) is 0 Å². The fraction of sp³-hybridized carbons (Fsp3) is 0.500. The molecule has 0 spiro atoms. The first-order valence-corrected chi connectivity index (χ1v) is 14.8. The standard InChI is InChI=1S/C32H35F3N6O2/c1-3-21-16-40(7-8-43-19-21)17-22-9-26-27(28(10-22)32(33,34)35)18-41(30(26)42)25-6-4-5-24(11-25)31(12-23(13-31)15-36)14-29-38-37-20-39(29)2/h4-6,9-11,20-21,23H,3,7-8,12-14,16-19H2,1-2H3/t21?,23-,31-. The average molecular weight is 593 g/mol. The molecule has 2 fully saturated rings. The third-order valence-corrected chi connectivity index (χ3v) is 9.34. The number of fused-ring (bicyclic) bond motifs is 1. The fourth-order valence-electron chi connectivity index (χ4n) is 6.85. The summed E-state index contributed by atoms with van der Waals surface area (Å²) >= 11 is 0. The van der Waals surface area contributed by atoms with Crippen molar-refractivity contribution >= 4 is 11.6 Å². The van der Waals surface area contributed by atoms with Crippen LogP contribution in [0, 0.1) is 23.2 Å². The van der Waals surface area contributed by atoms with Gasteiger partial charge in [0.15, 0.2) is 0 Å². The summed E-state index contributed by atoms with van der Waals surface area (Å²) in [6.45, 7) is 4.80. The van der Waals surface area contributed by atoms with Crippen LogP contribution < -0.4 is 4.90 Å². The van der Waals surface area contributed by atoms with Gasteiger partial charge in [0.05, 0.1) is 31.4 Å². The molecule has 8 nitrogen and oxygen atoms in total. The summed E-state index contributed by atoms with van der Waals surface area (Å²) in [5.41, 5.74) is 0.959. The highest BCUT2D eigenvalue weighted by molar-refractivity contribution is 6.10. The summed E-state index contributed by atoms with van der Waals surface area (Å²) in [7, 11) is 1.87. The Hall–Kier alpha value is -3.75. The van der Waals surface area contributed by atoms with E-state index in [1.165, 1.54) is 11.0 Å². The first-order valence-electron chi connectivity index (χ1n) is 14.8. The van der Waals surface area contributed by atoms with E-state index in [9.17, 15) is 23.2 Å². The van der Waals surface area contributed by atoms with Gasteiger partial charge >= 0.3 is 6.18 Å². The van der Waals surface area contributed by atoms with Crippen LogP contribution in [0.2, 0.25) is 0 Å². The van der Waals surface area contributed by atoms with Crippen LogP contribution in [0.3, 0.4) is 0 Å². The Morgan fingerprint density at radius 3 is 2.72 bits per heavy atom. The Morgan fingerprint density at radius 2 is 2.02 bits per heavy atom. The van der Waals surface area contributed by atoms with Gasteiger partial charge in [-0.05, 0) is 66.1 Å². The molecule has 1 amide bonds. The molecule has 0 bridgehead atoms. The topological polar surface area (TPSA) is 87.3 Å². The maximum atomic E-state index is 14.4. The zero-order valence-electron chi connectivity index (χ0n) is 24.4. The molecule has 2 aromatic carbocycles. The predicted octanol–water partition coefficient (Wildman–Crippen LogP) is 5.27. The van der Waals surface area contributed by atoms with Gasteiger partial charge in [0, 0.05) is 55.7 Å². The third kappa shape index (κ3) is 5.66. The lowest BCUT2D eigenvalue weighted by Crippen LogP contribution is -2.43. The summed E-state index contributed by atoms with van der Waals surface area (Å²) in [5.74, 6) is 0.580. The fourth-order valence-corrected chi connectivity index (χ4v) is 6.85. The Labute approximate surface area is 249 Å². The molecule has 1 aliphatic carbocycles. The van der Waals surface area contributed by atoms with E-state index < -0.39 is 17.6 Å². The summed E-state index contributed by atoms with van der Waals surface area (Å²) < 4.78 is 50.7. The number of nitrogens with zero attached hydrogens (tertiary/aromatic N) is 6. The minimum absolute atomic E-state index is 0.0132. The van der Waals surface area contributed by atoms with Crippen LogP contribution in [0.5, 0.6) is 0 Å². The first kappa shape index (κ1) is 29.3. The Bertz CT molecular complexity index is 1560. The maximum absolute atomic E-state index is 14.4. The van der Waals surface area contributed by atoms with Crippen LogP contribution in [0.25, 0.3) is 0 Å². The minimum Gasteiger partial charge on any atom is -0.380 e. The van der Waals surface area contributed by atoms with Crippen molar-refractivity contribution < 1.29 is 22.7 Å². The molecule has 1 aromatic heterocycles. The number of hydrogen-bond donors (Lipinski definition) is 0. The second-order valence-corrected chi connectivity index (χ2v) is 12.2. The molecule has 3 heterocycles. The SMILES string of the molecule is CCC1COCCN(Cc2cc3c(c(C(F)(F)F)c2)CN(c2cccc([C@]4(Cc5nncn5C)C[C@@H](C#N)C4)c2)C3=O)C1. The number of anilines is 1. The number of aryl methyl sites for hydroxylation is 1. The van der Waals surface area contributed by atoms with Crippen LogP contribution >= 0.6 is 0 Å². The summed E-state index contributed by atoms with van der Waals surface area (Å²) in [4.78, 5) is 17.3. The highest BCUT2D eigenvalue weighted by Crippen LogP contribution is 2.50. The van der Waals surface area contributed by atoms with Crippen molar-refractivity contribution in [3.05, 3.63) is 76.4 Å². The monoisotopic (exact) mass is 592 g/mol. The minimum atomic E-state index is -4.59. The van der Waals surface area contributed by atoms with Crippen molar-refractivity contribution in [1.82, 2.24) is 19.7 Å². The van der Waals surface area contributed by atoms with Crippen molar-refractivity contribution in [2.45, 2.75) is 57.3 Å². The molecule has 3 aliphatic rings. The van der Waals surface area contributed by atoms with E-state index in [-0.39, 0.29) is 29.0 Å². The number of hydrogen-bond acceptors (Lipinski definition) is 6.